The number of benzene rings is 2. The van der Waals surface area contributed by atoms with E-state index in [2.05, 4.69) is 0 Å². The molecule has 0 aromatic heterocycles. The smallest absolute Gasteiger partial charge is 0.340 e. The molecule has 180 valence electrons. The number of imide groups is 2. The summed E-state index contributed by atoms with van der Waals surface area (Å²) >= 11 is 0. The van der Waals surface area contributed by atoms with Gasteiger partial charge in [-0.3, -0.25) is 14.5 Å². The number of carbonyl (C=O) groups is 3. The maximum absolute atomic E-state index is 13.2. The maximum atomic E-state index is 13.2. The predicted molar refractivity (Wildman–Crippen MR) is 119 cm³/mol. The highest BCUT2D eigenvalue weighted by molar-refractivity contribution is 7.89. The lowest BCUT2D eigenvalue weighted by Gasteiger charge is -2.25. The molecule has 2 heterocycles. The molecule has 0 N–H and O–H groups in total. The van der Waals surface area contributed by atoms with Crippen LogP contribution in [0.3, 0.4) is 0 Å². The zero-order valence-corrected chi connectivity index (χ0v) is 19.2. The molecular weight excluding hydrogens is 467 g/mol. The second-order valence-electron chi connectivity index (χ2n) is 7.83. The van der Waals surface area contributed by atoms with Crippen molar-refractivity contribution in [2.24, 2.45) is 0 Å². The number of urea groups is 1. The van der Waals surface area contributed by atoms with Gasteiger partial charge in [0.25, 0.3) is 0 Å². The summed E-state index contributed by atoms with van der Waals surface area (Å²) in [6.07, 6.45) is 0.451. The SMILES string of the molecule is COc1ccc(N2C(=O)C(=O)N(CN3CCCN(S(=O)(=O)c4ccc(F)cc4)CC3)C2=O)cc1. The van der Waals surface area contributed by atoms with E-state index in [-0.39, 0.29) is 36.9 Å². The van der Waals surface area contributed by atoms with E-state index in [1.54, 1.807) is 17.0 Å². The first kappa shape index (κ1) is 23.8. The van der Waals surface area contributed by atoms with Gasteiger partial charge < -0.3 is 4.74 Å². The molecule has 2 aromatic carbocycles. The Morgan fingerprint density at radius 1 is 0.882 bits per heavy atom. The van der Waals surface area contributed by atoms with Crippen molar-refractivity contribution in [2.75, 3.05) is 44.9 Å². The highest BCUT2D eigenvalue weighted by Crippen LogP contribution is 2.25. The number of anilines is 1. The molecule has 0 radical (unpaired) electrons. The molecule has 0 saturated carbocycles. The van der Waals surface area contributed by atoms with E-state index in [9.17, 15) is 27.2 Å². The fourth-order valence-corrected chi connectivity index (χ4v) is 5.34. The van der Waals surface area contributed by atoms with Crippen molar-refractivity contribution in [3.63, 3.8) is 0 Å². The summed E-state index contributed by atoms with van der Waals surface area (Å²) in [6.45, 7) is 0.874. The van der Waals surface area contributed by atoms with E-state index in [4.69, 9.17) is 4.74 Å². The van der Waals surface area contributed by atoms with Crippen LogP contribution in [0.15, 0.2) is 53.4 Å². The average Bonchev–Trinajstić information content (AvgIpc) is 2.99. The average molecular weight is 491 g/mol. The van der Waals surface area contributed by atoms with Crippen LogP contribution in [0.1, 0.15) is 6.42 Å². The first-order chi connectivity index (χ1) is 16.2. The van der Waals surface area contributed by atoms with E-state index in [0.29, 0.717) is 18.7 Å². The molecule has 0 unspecified atom stereocenters. The summed E-state index contributed by atoms with van der Waals surface area (Å²) in [7, 11) is -2.33. The third-order valence-electron chi connectivity index (χ3n) is 5.72. The second-order valence-corrected chi connectivity index (χ2v) is 9.76. The third kappa shape index (κ3) is 4.52. The lowest BCUT2D eigenvalue weighted by molar-refractivity contribution is -0.140. The lowest BCUT2D eigenvalue weighted by Crippen LogP contribution is -2.44. The van der Waals surface area contributed by atoms with Gasteiger partial charge in [0.05, 0.1) is 24.4 Å². The Labute approximate surface area is 196 Å². The van der Waals surface area contributed by atoms with Crippen LogP contribution in [0.25, 0.3) is 0 Å². The number of halogens is 1. The Kier molecular flexibility index (Phi) is 6.64. The Balaban J connectivity index is 1.44. The number of amides is 4. The molecule has 4 rings (SSSR count). The van der Waals surface area contributed by atoms with Crippen molar-refractivity contribution >= 4 is 33.6 Å². The Morgan fingerprint density at radius 3 is 2.21 bits per heavy atom. The molecule has 2 saturated heterocycles. The van der Waals surface area contributed by atoms with Gasteiger partial charge in [0.15, 0.2) is 0 Å². The number of sulfonamides is 1. The summed E-state index contributed by atoms with van der Waals surface area (Å²) in [6, 6.07) is 10.0. The molecule has 12 heteroatoms. The Morgan fingerprint density at radius 2 is 1.56 bits per heavy atom. The van der Waals surface area contributed by atoms with E-state index in [1.165, 1.54) is 35.7 Å². The summed E-state index contributed by atoms with van der Waals surface area (Å²) in [5, 5.41) is 0. The zero-order chi connectivity index (χ0) is 24.5. The van der Waals surface area contributed by atoms with Gasteiger partial charge in [0, 0.05) is 26.2 Å². The minimum absolute atomic E-state index is 0.00650. The van der Waals surface area contributed by atoms with Crippen molar-refractivity contribution < 1.29 is 31.9 Å². The Hall–Kier alpha value is -3.35. The van der Waals surface area contributed by atoms with Gasteiger partial charge in [-0.1, -0.05) is 0 Å². The van der Waals surface area contributed by atoms with E-state index < -0.39 is 33.7 Å². The number of hydrogen-bond acceptors (Lipinski definition) is 7. The predicted octanol–water partition coefficient (Wildman–Crippen LogP) is 1.48. The van der Waals surface area contributed by atoms with Crippen molar-refractivity contribution in [2.45, 2.75) is 11.3 Å². The largest absolute Gasteiger partial charge is 0.497 e. The second kappa shape index (κ2) is 9.49. The van der Waals surface area contributed by atoms with Crippen LogP contribution in [0.5, 0.6) is 5.75 Å². The van der Waals surface area contributed by atoms with Crippen LogP contribution >= 0.6 is 0 Å². The number of carbonyl (C=O) groups excluding carboxylic acids is 3. The Bertz CT molecular complexity index is 1200. The molecule has 0 aliphatic carbocycles. The molecule has 2 aliphatic heterocycles. The molecule has 4 amide bonds. The van der Waals surface area contributed by atoms with Crippen molar-refractivity contribution in [1.82, 2.24) is 14.1 Å². The number of hydrogen-bond donors (Lipinski definition) is 0. The highest BCUT2D eigenvalue weighted by atomic mass is 32.2. The van der Waals surface area contributed by atoms with Crippen molar-refractivity contribution in [3.8, 4) is 5.75 Å². The highest BCUT2D eigenvalue weighted by Gasteiger charge is 2.46. The standard InChI is InChI=1S/C22H23FN4O6S/c1-33-18-7-5-17(6-8-18)27-21(29)20(28)26(22(27)30)15-24-11-2-12-25(14-13-24)34(31,32)19-9-3-16(23)4-10-19/h3-10H,2,11-15H2,1H3. The first-order valence-electron chi connectivity index (χ1n) is 10.5. The van der Waals surface area contributed by atoms with Gasteiger partial charge >= 0.3 is 17.8 Å². The van der Waals surface area contributed by atoms with Crippen LogP contribution < -0.4 is 9.64 Å². The van der Waals surface area contributed by atoms with E-state index in [0.717, 1.165) is 21.9 Å². The lowest BCUT2D eigenvalue weighted by atomic mass is 10.3. The minimum atomic E-state index is -3.81. The molecule has 0 spiro atoms. The van der Waals surface area contributed by atoms with Crippen LogP contribution in [0, 0.1) is 5.82 Å². The van der Waals surface area contributed by atoms with Gasteiger partial charge in [-0.2, -0.15) is 4.31 Å². The summed E-state index contributed by atoms with van der Waals surface area (Å²) in [4.78, 5) is 41.4. The molecule has 10 nitrogen and oxygen atoms in total. The first-order valence-corrected chi connectivity index (χ1v) is 12.0. The number of methoxy groups -OCH3 is 1. The van der Waals surface area contributed by atoms with Gasteiger partial charge in [0.1, 0.15) is 11.6 Å². The van der Waals surface area contributed by atoms with Gasteiger partial charge in [-0.05, 0) is 55.0 Å². The maximum Gasteiger partial charge on any atom is 0.340 e. The number of rotatable bonds is 6. The zero-order valence-electron chi connectivity index (χ0n) is 18.4. The molecular formula is C22H23FN4O6S. The fraction of sp³-hybridized carbons (Fsp3) is 0.318. The molecule has 0 atom stereocenters. The number of nitrogens with zero attached hydrogens (tertiary/aromatic N) is 4. The van der Waals surface area contributed by atoms with Crippen molar-refractivity contribution in [3.05, 3.63) is 54.3 Å². The third-order valence-corrected chi connectivity index (χ3v) is 7.64. The summed E-state index contributed by atoms with van der Waals surface area (Å²) < 4.78 is 45.3. The molecule has 2 fully saturated rings. The molecule has 2 aliphatic rings. The number of ether oxygens (including phenoxy) is 1. The summed E-state index contributed by atoms with van der Waals surface area (Å²) in [5.74, 6) is -1.89. The van der Waals surface area contributed by atoms with E-state index in [1.807, 2.05) is 0 Å². The monoisotopic (exact) mass is 490 g/mol. The normalized spacial score (nSPS) is 18.5. The van der Waals surface area contributed by atoms with Crippen molar-refractivity contribution in [1.29, 1.82) is 0 Å². The minimum Gasteiger partial charge on any atom is -0.497 e. The summed E-state index contributed by atoms with van der Waals surface area (Å²) in [5.41, 5.74) is 0.249. The van der Waals surface area contributed by atoms with Crippen LogP contribution in [-0.2, 0) is 19.6 Å². The van der Waals surface area contributed by atoms with Crippen LogP contribution in [0.4, 0.5) is 14.9 Å². The molecule has 0 bridgehead atoms. The van der Waals surface area contributed by atoms with Crippen LogP contribution in [0.2, 0.25) is 0 Å². The van der Waals surface area contributed by atoms with Gasteiger partial charge in [0.2, 0.25) is 10.0 Å². The quantitative estimate of drug-likeness (QED) is 0.446. The van der Waals surface area contributed by atoms with Gasteiger partial charge in [-0.15, -0.1) is 0 Å². The van der Waals surface area contributed by atoms with E-state index >= 15 is 0 Å². The van der Waals surface area contributed by atoms with Gasteiger partial charge in [-0.25, -0.2) is 27.4 Å². The molecule has 2 aromatic rings. The topological polar surface area (TPSA) is 108 Å². The molecule has 34 heavy (non-hydrogen) atoms. The van der Waals surface area contributed by atoms with Crippen LogP contribution in [-0.4, -0.2) is 80.3 Å². The fourth-order valence-electron chi connectivity index (χ4n) is 3.87.